The number of amides is 3. The van der Waals surface area contributed by atoms with Crippen molar-refractivity contribution in [3.63, 3.8) is 0 Å². The first-order valence-electron chi connectivity index (χ1n) is 10.8. The van der Waals surface area contributed by atoms with E-state index in [4.69, 9.17) is 4.74 Å². The van der Waals surface area contributed by atoms with E-state index in [1.807, 2.05) is 0 Å². The molecule has 1 heterocycles. The SMILES string of the molecule is CC(C)(C)OC(=O)N[C@H](C(=O)N1C[C@H](O)C[C@H]1C(=O)NCc1ccc(Br)cc1F)C(C)(C)C. The molecule has 0 aromatic heterocycles. The van der Waals surface area contributed by atoms with E-state index in [-0.39, 0.29) is 19.5 Å². The molecule has 184 valence electrons. The number of ether oxygens (including phenoxy) is 1. The van der Waals surface area contributed by atoms with Crippen LogP contribution >= 0.6 is 15.9 Å². The average molecular weight is 530 g/mol. The van der Waals surface area contributed by atoms with Gasteiger partial charge in [0, 0.05) is 29.5 Å². The number of hydrogen-bond donors (Lipinski definition) is 3. The van der Waals surface area contributed by atoms with Crippen LogP contribution in [0.15, 0.2) is 22.7 Å². The van der Waals surface area contributed by atoms with Gasteiger partial charge in [0.15, 0.2) is 0 Å². The number of aliphatic hydroxyl groups excluding tert-OH is 1. The topological polar surface area (TPSA) is 108 Å². The van der Waals surface area contributed by atoms with Crippen molar-refractivity contribution in [2.75, 3.05) is 6.54 Å². The molecular formula is C23H33BrFN3O5. The van der Waals surface area contributed by atoms with Crippen LogP contribution in [-0.2, 0) is 20.9 Å². The second kappa shape index (κ2) is 10.4. The van der Waals surface area contributed by atoms with Gasteiger partial charge in [-0.25, -0.2) is 9.18 Å². The van der Waals surface area contributed by atoms with E-state index in [0.717, 1.165) is 0 Å². The van der Waals surface area contributed by atoms with E-state index in [9.17, 15) is 23.9 Å². The third kappa shape index (κ3) is 7.67. The Morgan fingerprint density at radius 3 is 2.42 bits per heavy atom. The molecule has 1 aliphatic rings. The van der Waals surface area contributed by atoms with Crippen LogP contribution < -0.4 is 10.6 Å². The number of carbonyl (C=O) groups excluding carboxylic acids is 3. The standard InChI is InChI=1S/C23H33BrFN3O5/c1-22(2,3)18(27-21(32)33-23(4,5)6)20(31)28-12-15(29)10-17(28)19(30)26-11-13-7-8-14(24)9-16(13)25/h7-9,15,17-18,29H,10-12H2,1-6H3,(H,26,30)(H,27,32)/t15-,17+,18-/m1/s1. The van der Waals surface area contributed by atoms with Gasteiger partial charge in [-0.2, -0.15) is 0 Å². The van der Waals surface area contributed by atoms with E-state index < -0.39 is 52.9 Å². The van der Waals surface area contributed by atoms with E-state index in [0.29, 0.717) is 10.0 Å². The first kappa shape index (κ1) is 27.0. The lowest BCUT2D eigenvalue weighted by atomic mass is 9.85. The van der Waals surface area contributed by atoms with Crippen LogP contribution in [0.3, 0.4) is 0 Å². The van der Waals surface area contributed by atoms with E-state index in [2.05, 4.69) is 26.6 Å². The fourth-order valence-electron chi connectivity index (χ4n) is 3.51. The number of carbonyl (C=O) groups is 3. The van der Waals surface area contributed by atoms with Gasteiger partial charge in [0.05, 0.1) is 6.10 Å². The van der Waals surface area contributed by atoms with Crippen molar-refractivity contribution in [3.05, 3.63) is 34.1 Å². The summed E-state index contributed by atoms with van der Waals surface area (Å²) in [6.07, 6.45) is -1.59. The minimum atomic E-state index is -0.989. The molecule has 1 aliphatic heterocycles. The number of rotatable bonds is 5. The Hall–Kier alpha value is -2.20. The molecule has 0 radical (unpaired) electrons. The van der Waals surface area contributed by atoms with Crippen molar-refractivity contribution >= 4 is 33.8 Å². The van der Waals surface area contributed by atoms with Crippen molar-refractivity contribution in [1.82, 2.24) is 15.5 Å². The molecule has 3 N–H and O–H groups in total. The minimum Gasteiger partial charge on any atom is -0.444 e. The number of nitrogens with zero attached hydrogens (tertiary/aromatic N) is 1. The third-order valence-corrected chi connectivity index (χ3v) is 5.60. The number of β-amino-alcohol motifs (C(OH)–C–C–N with tert-alkyl or cyclic N) is 1. The Labute approximate surface area is 202 Å². The summed E-state index contributed by atoms with van der Waals surface area (Å²) in [6, 6.07) is 2.57. The number of hydrogen-bond acceptors (Lipinski definition) is 5. The number of nitrogens with one attached hydrogen (secondary N) is 2. The summed E-state index contributed by atoms with van der Waals surface area (Å²) < 4.78 is 20.0. The lowest BCUT2D eigenvalue weighted by Crippen LogP contribution is -2.58. The summed E-state index contributed by atoms with van der Waals surface area (Å²) in [5.74, 6) is -1.48. The molecule has 0 saturated carbocycles. The van der Waals surface area contributed by atoms with Crippen LogP contribution in [0.25, 0.3) is 0 Å². The molecule has 1 saturated heterocycles. The summed E-state index contributed by atoms with van der Waals surface area (Å²) in [4.78, 5) is 39.9. The molecule has 0 aliphatic carbocycles. The number of halogens is 2. The maximum atomic E-state index is 14.1. The van der Waals surface area contributed by atoms with Gasteiger partial charge >= 0.3 is 6.09 Å². The molecule has 10 heteroatoms. The summed E-state index contributed by atoms with van der Waals surface area (Å²) in [5.41, 5.74) is -1.14. The van der Waals surface area contributed by atoms with Gasteiger partial charge in [-0.1, -0.05) is 42.8 Å². The Kier molecular flexibility index (Phi) is 8.51. The third-order valence-electron chi connectivity index (χ3n) is 5.11. The Bertz CT molecular complexity index is 897. The van der Waals surface area contributed by atoms with Gasteiger partial charge in [0.25, 0.3) is 0 Å². The summed E-state index contributed by atoms with van der Waals surface area (Å²) in [5, 5.41) is 15.5. The predicted molar refractivity (Wildman–Crippen MR) is 125 cm³/mol. The highest BCUT2D eigenvalue weighted by Gasteiger charge is 2.44. The molecule has 0 spiro atoms. The number of likely N-dealkylation sites (tertiary alicyclic amines) is 1. The van der Waals surface area contributed by atoms with Gasteiger partial charge in [-0.15, -0.1) is 0 Å². The summed E-state index contributed by atoms with van der Waals surface area (Å²) >= 11 is 3.18. The van der Waals surface area contributed by atoms with Crippen molar-refractivity contribution in [2.24, 2.45) is 5.41 Å². The second-order valence-electron chi connectivity index (χ2n) is 10.3. The maximum Gasteiger partial charge on any atom is 0.408 e. The molecule has 2 rings (SSSR count). The lowest BCUT2D eigenvalue weighted by molar-refractivity contribution is -0.142. The molecule has 1 aromatic rings. The first-order valence-corrected chi connectivity index (χ1v) is 11.6. The zero-order chi connectivity index (χ0) is 25.1. The zero-order valence-corrected chi connectivity index (χ0v) is 21.5. The van der Waals surface area contributed by atoms with Gasteiger partial charge in [-0.05, 0) is 38.3 Å². The summed E-state index contributed by atoms with van der Waals surface area (Å²) in [6.45, 7) is 10.4. The molecule has 33 heavy (non-hydrogen) atoms. The molecule has 3 amide bonds. The lowest BCUT2D eigenvalue weighted by Gasteiger charge is -2.35. The Morgan fingerprint density at radius 2 is 1.88 bits per heavy atom. The molecule has 0 unspecified atom stereocenters. The normalized spacial score (nSPS) is 19.7. The monoisotopic (exact) mass is 529 g/mol. The van der Waals surface area contributed by atoms with E-state index in [1.54, 1.807) is 53.7 Å². The van der Waals surface area contributed by atoms with Crippen molar-refractivity contribution in [3.8, 4) is 0 Å². The van der Waals surface area contributed by atoms with Crippen LogP contribution in [0.4, 0.5) is 9.18 Å². The van der Waals surface area contributed by atoms with Crippen molar-refractivity contribution < 1.29 is 28.6 Å². The van der Waals surface area contributed by atoms with Crippen molar-refractivity contribution in [1.29, 1.82) is 0 Å². The quantitative estimate of drug-likeness (QED) is 0.543. The highest BCUT2D eigenvalue weighted by Crippen LogP contribution is 2.27. The zero-order valence-electron chi connectivity index (χ0n) is 19.9. The van der Waals surface area contributed by atoms with E-state index >= 15 is 0 Å². The Morgan fingerprint density at radius 1 is 1.24 bits per heavy atom. The second-order valence-corrected chi connectivity index (χ2v) is 11.2. The predicted octanol–water partition coefficient (Wildman–Crippen LogP) is 3.11. The molecule has 1 fully saturated rings. The molecular weight excluding hydrogens is 497 g/mol. The van der Waals surface area contributed by atoms with Crippen LogP contribution in [-0.4, -0.2) is 58.2 Å². The molecule has 3 atom stereocenters. The number of aliphatic hydroxyl groups is 1. The highest BCUT2D eigenvalue weighted by molar-refractivity contribution is 9.10. The van der Waals surface area contributed by atoms with Crippen LogP contribution in [0.5, 0.6) is 0 Å². The minimum absolute atomic E-state index is 0.0453. The van der Waals surface area contributed by atoms with Crippen LogP contribution in [0, 0.1) is 11.2 Å². The number of alkyl carbamates (subject to hydrolysis) is 1. The van der Waals surface area contributed by atoms with Gasteiger partial charge in [0.2, 0.25) is 11.8 Å². The first-order chi connectivity index (χ1) is 15.1. The highest BCUT2D eigenvalue weighted by atomic mass is 79.9. The fraction of sp³-hybridized carbons (Fsp3) is 0.609. The fourth-order valence-corrected chi connectivity index (χ4v) is 3.84. The van der Waals surface area contributed by atoms with Gasteiger partial charge < -0.3 is 25.4 Å². The van der Waals surface area contributed by atoms with Gasteiger partial charge in [0.1, 0.15) is 23.5 Å². The maximum absolute atomic E-state index is 14.1. The largest absolute Gasteiger partial charge is 0.444 e. The number of benzene rings is 1. The Balaban J connectivity index is 2.16. The molecule has 8 nitrogen and oxygen atoms in total. The van der Waals surface area contributed by atoms with Crippen LogP contribution in [0.1, 0.15) is 53.5 Å². The smallest absolute Gasteiger partial charge is 0.408 e. The summed E-state index contributed by atoms with van der Waals surface area (Å²) in [7, 11) is 0. The van der Waals surface area contributed by atoms with Gasteiger partial charge in [-0.3, -0.25) is 9.59 Å². The average Bonchev–Trinajstić information content (AvgIpc) is 3.04. The molecule has 1 aromatic carbocycles. The van der Waals surface area contributed by atoms with Crippen molar-refractivity contribution in [2.45, 2.75) is 78.3 Å². The van der Waals surface area contributed by atoms with Crippen LogP contribution in [0.2, 0.25) is 0 Å². The van der Waals surface area contributed by atoms with E-state index in [1.165, 1.54) is 11.0 Å². The molecule has 0 bridgehead atoms.